The summed E-state index contributed by atoms with van der Waals surface area (Å²) in [7, 11) is 0. The molecule has 1 spiro atoms. The number of allylic oxidation sites excluding steroid dienone is 1. The summed E-state index contributed by atoms with van der Waals surface area (Å²) >= 11 is 0. The van der Waals surface area contributed by atoms with Crippen molar-refractivity contribution in [1.29, 1.82) is 0 Å². The minimum absolute atomic E-state index is 0.0242. The van der Waals surface area contributed by atoms with Gasteiger partial charge in [-0.15, -0.1) is 0 Å². The molecule has 0 aromatic carbocycles. The largest absolute Gasteiger partial charge is 0.481 e. The highest BCUT2D eigenvalue weighted by Gasteiger charge is 2.81. The van der Waals surface area contributed by atoms with Gasteiger partial charge in [-0.25, -0.2) is 0 Å². The van der Waals surface area contributed by atoms with Crippen molar-refractivity contribution in [3.05, 3.63) is 12.2 Å². The third-order valence-electron chi connectivity index (χ3n) is 13.0. The second kappa shape index (κ2) is 8.88. The first kappa shape index (κ1) is 27.2. The van der Waals surface area contributed by atoms with E-state index >= 15 is 0 Å². The molecule has 4 fully saturated rings. The summed E-state index contributed by atoms with van der Waals surface area (Å²) in [6, 6.07) is 0. The topological polar surface area (TPSA) is 57.5 Å². The summed E-state index contributed by atoms with van der Waals surface area (Å²) in [5.41, 5.74) is 1.59. The number of aliphatic hydroxyl groups is 1. The van der Waals surface area contributed by atoms with Crippen LogP contribution in [0.25, 0.3) is 0 Å². The molecule has 4 rings (SSSR count). The van der Waals surface area contributed by atoms with Crippen LogP contribution in [0.1, 0.15) is 126 Å². The number of hydrogen-bond donors (Lipinski definition) is 2. The average Bonchev–Trinajstić information content (AvgIpc) is 3.35. The number of carboxylic acids is 1. The fraction of sp³-hybridized carbons (Fsp3) is 0.906. The van der Waals surface area contributed by atoms with Crippen molar-refractivity contribution in [3.8, 4) is 0 Å². The lowest BCUT2D eigenvalue weighted by Crippen LogP contribution is -2.56. The fourth-order valence-electron chi connectivity index (χ4n) is 11.0. The van der Waals surface area contributed by atoms with Crippen LogP contribution in [0.2, 0.25) is 0 Å². The number of carboxylic acid groups (broad SMARTS) is 1. The Morgan fingerprint density at radius 3 is 2.34 bits per heavy atom. The Hall–Kier alpha value is -0.830. The standard InChI is InChI=1S/C32H54O3/c1-9-23(21(2)3)11-10-22(4)24-14-16-30(8)26-13-12-25(28(5,6)35)31(17-15-27(33)34)20-32(26,31)19-18-29(24,30)7/h22-26,35H,2,9-20H2,1,3-8H3,(H,33,34)/t22-,23+,24-,25+,26+,29-,30+,31-,32+/m1/s1. The third-order valence-corrected chi connectivity index (χ3v) is 13.0. The molecule has 0 amide bonds. The molecule has 0 bridgehead atoms. The highest BCUT2D eigenvalue weighted by molar-refractivity contribution is 5.67. The molecule has 0 unspecified atom stereocenters. The van der Waals surface area contributed by atoms with E-state index in [4.69, 9.17) is 0 Å². The van der Waals surface area contributed by atoms with Crippen LogP contribution in [0.4, 0.5) is 0 Å². The highest BCUT2D eigenvalue weighted by Crippen LogP contribution is 2.87. The summed E-state index contributed by atoms with van der Waals surface area (Å²) in [5, 5.41) is 20.8. The van der Waals surface area contributed by atoms with E-state index in [2.05, 4.69) is 41.2 Å². The molecular formula is C32H54O3. The van der Waals surface area contributed by atoms with Crippen LogP contribution < -0.4 is 0 Å². The minimum atomic E-state index is -0.736. The van der Waals surface area contributed by atoms with Crippen molar-refractivity contribution in [2.24, 2.45) is 51.2 Å². The number of fused-ring (bicyclic) bond motifs is 2. The van der Waals surface area contributed by atoms with Gasteiger partial charge in [0.15, 0.2) is 0 Å². The first-order valence-corrected chi connectivity index (χ1v) is 14.8. The summed E-state index contributed by atoms with van der Waals surface area (Å²) in [6.45, 7) is 20.5. The van der Waals surface area contributed by atoms with Crippen molar-refractivity contribution in [1.82, 2.24) is 0 Å². The van der Waals surface area contributed by atoms with Crippen LogP contribution >= 0.6 is 0 Å². The smallest absolute Gasteiger partial charge is 0.303 e. The van der Waals surface area contributed by atoms with Crippen LogP contribution in [0, 0.1) is 51.2 Å². The van der Waals surface area contributed by atoms with Gasteiger partial charge in [-0.2, -0.15) is 0 Å². The number of rotatable bonds is 10. The van der Waals surface area contributed by atoms with Crippen molar-refractivity contribution in [2.45, 2.75) is 131 Å². The molecule has 4 aliphatic carbocycles. The molecule has 200 valence electrons. The molecule has 4 aliphatic rings. The van der Waals surface area contributed by atoms with E-state index in [1.54, 1.807) is 0 Å². The number of hydrogen-bond acceptors (Lipinski definition) is 2. The van der Waals surface area contributed by atoms with E-state index in [1.165, 1.54) is 56.9 Å². The first-order valence-electron chi connectivity index (χ1n) is 14.8. The van der Waals surface area contributed by atoms with Gasteiger partial charge >= 0.3 is 5.97 Å². The Bertz CT molecular complexity index is 840. The van der Waals surface area contributed by atoms with Gasteiger partial charge in [-0.1, -0.05) is 39.8 Å². The molecule has 0 aromatic rings. The predicted octanol–water partition coefficient (Wildman–Crippen LogP) is 8.26. The van der Waals surface area contributed by atoms with E-state index in [0.29, 0.717) is 22.7 Å². The van der Waals surface area contributed by atoms with E-state index < -0.39 is 11.6 Å². The molecule has 9 atom stereocenters. The highest BCUT2D eigenvalue weighted by atomic mass is 16.4. The maximum absolute atomic E-state index is 11.6. The molecule has 35 heavy (non-hydrogen) atoms. The van der Waals surface area contributed by atoms with Crippen molar-refractivity contribution >= 4 is 5.97 Å². The summed E-state index contributed by atoms with van der Waals surface area (Å²) < 4.78 is 0. The van der Waals surface area contributed by atoms with Crippen LogP contribution in [-0.4, -0.2) is 21.8 Å². The Kier molecular flexibility index (Phi) is 6.91. The molecule has 0 aromatic heterocycles. The van der Waals surface area contributed by atoms with Gasteiger partial charge in [0.05, 0.1) is 5.60 Å². The molecular weight excluding hydrogens is 432 g/mol. The molecule has 0 aliphatic heterocycles. The Labute approximate surface area is 215 Å². The van der Waals surface area contributed by atoms with Gasteiger partial charge in [0, 0.05) is 6.42 Å². The Morgan fingerprint density at radius 2 is 1.77 bits per heavy atom. The Morgan fingerprint density at radius 1 is 1.09 bits per heavy atom. The minimum Gasteiger partial charge on any atom is -0.481 e. The maximum Gasteiger partial charge on any atom is 0.303 e. The zero-order chi connectivity index (χ0) is 26.0. The molecule has 0 saturated heterocycles. The van der Waals surface area contributed by atoms with Gasteiger partial charge in [-0.3, -0.25) is 4.79 Å². The first-order chi connectivity index (χ1) is 16.2. The van der Waals surface area contributed by atoms with E-state index in [-0.39, 0.29) is 23.2 Å². The summed E-state index contributed by atoms with van der Waals surface area (Å²) in [6.07, 6.45) is 13.4. The average molecular weight is 487 g/mol. The molecule has 4 saturated carbocycles. The SMILES string of the molecule is C=C(C)[C@@H](CC)CC[C@@H](C)[C@H]1CC[C@@]2(C)[C@@H]3CC[C@@H](C(C)(C)O)[C@@]4(CCC(=O)O)C[C@@]34CC[C@]12C. The lowest BCUT2D eigenvalue weighted by atomic mass is 9.43. The molecule has 0 heterocycles. The molecule has 0 radical (unpaired) electrons. The van der Waals surface area contributed by atoms with Gasteiger partial charge in [-0.05, 0) is 143 Å². The second-order valence-electron chi connectivity index (χ2n) is 14.7. The number of aliphatic carboxylic acids is 1. The van der Waals surface area contributed by atoms with Crippen LogP contribution in [0.5, 0.6) is 0 Å². The fourth-order valence-corrected chi connectivity index (χ4v) is 11.0. The van der Waals surface area contributed by atoms with Crippen LogP contribution in [-0.2, 0) is 4.79 Å². The number of carbonyl (C=O) groups is 1. The lowest BCUT2D eigenvalue weighted by Gasteiger charge is -2.61. The zero-order valence-corrected chi connectivity index (χ0v) is 23.9. The Balaban J connectivity index is 1.58. The van der Waals surface area contributed by atoms with Gasteiger partial charge in [0.2, 0.25) is 0 Å². The van der Waals surface area contributed by atoms with Gasteiger partial charge < -0.3 is 10.2 Å². The van der Waals surface area contributed by atoms with Crippen LogP contribution in [0.15, 0.2) is 12.2 Å². The van der Waals surface area contributed by atoms with Gasteiger partial charge in [0.1, 0.15) is 0 Å². The molecule has 3 nitrogen and oxygen atoms in total. The summed E-state index contributed by atoms with van der Waals surface area (Å²) in [4.78, 5) is 11.6. The monoisotopic (exact) mass is 486 g/mol. The van der Waals surface area contributed by atoms with E-state index in [9.17, 15) is 15.0 Å². The van der Waals surface area contributed by atoms with Crippen molar-refractivity contribution in [2.75, 3.05) is 0 Å². The van der Waals surface area contributed by atoms with E-state index in [1.807, 2.05) is 13.8 Å². The zero-order valence-electron chi connectivity index (χ0n) is 23.9. The summed E-state index contributed by atoms with van der Waals surface area (Å²) in [5.74, 6) is 2.41. The van der Waals surface area contributed by atoms with Gasteiger partial charge in [0.25, 0.3) is 0 Å². The van der Waals surface area contributed by atoms with Crippen molar-refractivity contribution in [3.63, 3.8) is 0 Å². The predicted molar refractivity (Wildman–Crippen MR) is 144 cm³/mol. The van der Waals surface area contributed by atoms with Crippen molar-refractivity contribution < 1.29 is 15.0 Å². The van der Waals surface area contributed by atoms with Crippen LogP contribution in [0.3, 0.4) is 0 Å². The quantitative estimate of drug-likeness (QED) is 0.306. The third kappa shape index (κ3) is 3.96. The lowest BCUT2D eigenvalue weighted by molar-refractivity contribution is -0.151. The van der Waals surface area contributed by atoms with E-state index in [0.717, 1.165) is 31.1 Å². The normalized spacial score (nSPS) is 44.1. The second-order valence-corrected chi connectivity index (χ2v) is 14.7. The maximum atomic E-state index is 11.6. The molecule has 2 N–H and O–H groups in total. The molecule has 3 heteroatoms.